The molecular weight excluding hydrogens is 376 g/mol. The van der Waals surface area contributed by atoms with Gasteiger partial charge in [-0.3, -0.25) is 0 Å². The maximum atomic E-state index is 10.5. The van der Waals surface area contributed by atoms with Crippen LogP contribution >= 0.6 is 60.4 Å². The minimum atomic E-state index is 0.0687. The molecule has 118 valence electrons. The number of hydrogen-bond acceptors (Lipinski definition) is 5. The molecule has 0 atom stereocenters. The van der Waals surface area contributed by atoms with E-state index in [1.54, 1.807) is 24.3 Å². The average molecular weight is 391 g/mol. The number of halogens is 1. The van der Waals surface area contributed by atoms with Gasteiger partial charge in [-0.25, -0.2) is 0 Å². The summed E-state index contributed by atoms with van der Waals surface area (Å²) < 4.78 is 1.00. The van der Waals surface area contributed by atoms with E-state index >= 15 is 0 Å². The SMILES string of the molecule is O/C(=C(/SC(=S)N1CCNCC1)C(=S)S)c1ccc(Cl)cc1. The number of aliphatic hydroxyl groups excluding tert-OH is 1. The molecule has 1 aromatic carbocycles. The van der Waals surface area contributed by atoms with E-state index < -0.39 is 0 Å². The van der Waals surface area contributed by atoms with Crippen LogP contribution in [0.1, 0.15) is 5.56 Å². The molecular formula is C14H15ClN2OS4. The van der Waals surface area contributed by atoms with Gasteiger partial charge >= 0.3 is 0 Å². The molecule has 0 saturated carbocycles. The summed E-state index contributed by atoms with van der Waals surface area (Å²) >= 11 is 22.0. The Labute approximate surface area is 155 Å². The molecule has 3 nitrogen and oxygen atoms in total. The summed E-state index contributed by atoms with van der Waals surface area (Å²) in [6.07, 6.45) is 0. The van der Waals surface area contributed by atoms with Crippen LogP contribution < -0.4 is 5.32 Å². The second-order valence-electron chi connectivity index (χ2n) is 4.59. The molecule has 22 heavy (non-hydrogen) atoms. The summed E-state index contributed by atoms with van der Waals surface area (Å²) in [5.41, 5.74) is 0.631. The summed E-state index contributed by atoms with van der Waals surface area (Å²) in [6, 6.07) is 6.90. The summed E-state index contributed by atoms with van der Waals surface area (Å²) in [5.74, 6) is 0.0687. The van der Waals surface area contributed by atoms with Crippen molar-refractivity contribution in [2.24, 2.45) is 0 Å². The van der Waals surface area contributed by atoms with Crippen LogP contribution in [0.4, 0.5) is 0 Å². The first-order chi connectivity index (χ1) is 10.5. The average Bonchev–Trinajstić information content (AvgIpc) is 2.53. The number of thiol groups is 1. The Bertz CT molecular complexity index is 597. The number of benzene rings is 1. The van der Waals surface area contributed by atoms with Crippen molar-refractivity contribution in [1.82, 2.24) is 10.2 Å². The second-order valence-corrected chi connectivity index (χ2v) is 7.83. The van der Waals surface area contributed by atoms with Crippen LogP contribution in [0.5, 0.6) is 0 Å². The highest BCUT2D eigenvalue weighted by atomic mass is 35.5. The number of hydrogen-bond donors (Lipinski definition) is 3. The standard InChI is InChI=1S/C14H15ClN2OS4/c15-10-3-1-9(2-4-10)11(18)12(13(19)20)22-14(21)17-7-5-16-6-8-17/h1-4,16,18H,5-8H2,(H,19,20)/b12-11+. The highest BCUT2D eigenvalue weighted by Gasteiger charge is 2.19. The Morgan fingerprint density at radius 3 is 2.36 bits per heavy atom. The molecule has 0 amide bonds. The highest BCUT2D eigenvalue weighted by Crippen LogP contribution is 2.30. The molecule has 2 rings (SSSR count). The van der Waals surface area contributed by atoms with Crippen LogP contribution in [0.3, 0.4) is 0 Å². The molecule has 0 aliphatic carbocycles. The van der Waals surface area contributed by atoms with Crippen molar-refractivity contribution < 1.29 is 5.11 Å². The Morgan fingerprint density at radius 2 is 1.82 bits per heavy atom. The predicted octanol–water partition coefficient (Wildman–Crippen LogP) is 3.75. The molecule has 0 bridgehead atoms. The minimum Gasteiger partial charge on any atom is -0.506 e. The fraction of sp³-hybridized carbons (Fsp3) is 0.286. The van der Waals surface area contributed by atoms with Gasteiger partial charge in [0.1, 0.15) is 10.1 Å². The van der Waals surface area contributed by atoms with E-state index in [9.17, 15) is 5.11 Å². The van der Waals surface area contributed by atoms with Crippen LogP contribution in [-0.2, 0) is 0 Å². The Hall–Kier alpha value is -0.310. The third-order valence-electron chi connectivity index (χ3n) is 3.09. The Balaban J connectivity index is 2.21. The largest absolute Gasteiger partial charge is 0.506 e. The summed E-state index contributed by atoms with van der Waals surface area (Å²) in [7, 11) is 0. The molecule has 1 aromatic rings. The van der Waals surface area contributed by atoms with E-state index in [1.165, 1.54) is 11.8 Å². The third kappa shape index (κ3) is 4.84. The van der Waals surface area contributed by atoms with Crippen LogP contribution in [0.25, 0.3) is 5.76 Å². The fourth-order valence-electron chi connectivity index (χ4n) is 1.93. The lowest BCUT2D eigenvalue weighted by atomic mass is 10.2. The first-order valence-electron chi connectivity index (χ1n) is 6.59. The van der Waals surface area contributed by atoms with Gasteiger partial charge in [-0.2, -0.15) is 0 Å². The van der Waals surface area contributed by atoms with Crippen LogP contribution in [0, 0.1) is 0 Å². The first kappa shape index (κ1) is 18.0. The molecule has 0 unspecified atom stereocenters. The number of rotatable bonds is 3. The number of nitrogens with zero attached hydrogens (tertiary/aromatic N) is 1. The zero-order chi connectivity index (χ0) is 16.1. The van der Waals surface area contributed by atoms with Gasteiger partial charge in [0.15, 0.2) is 0 Å². The topological polar surface area (TPSA) is 35.5 Å². The molecule has 0 spiro atoms. The summed E-state index contributed by atoms with van der Waals surface area (Å²) in [4.78, 5) is 2.58. The third-order valence-corrected chi connectivity index (χ3v) is 5.59. The highest BCUT2D eigenvalue weighted by molar-refractivity contribution is 8.28. The lowest BCUT2D eigenvalue weighted by molar-refractivity contribution is 0.368. The van der Waals surface area contributed by atoms with Crippen molar-refractivity contribution in [2.75, 3.05) is 26.2 Å². The van der Waals surface area contributed by atoms with Crippen molar-refractivity contribution >= 4 is 74.7 Å². The number of piperazine rings is 1. The summed E-state index contributed by atoms with van der Waals surface area (Å²) in [6.45, 7) is 3.49. The molecule has 0 aromatic heterocycles. The van der Waals surface area contributed by atoms with Gasteiger partial charge in [0, 0.05) is 36.8 Å². The minimum absolute atomic E-state index is 0.0687. The molecule has 1 aliphatic rings. The fourth-order valence-corrected chi connectivity index (χ4v) is 3.74. The maximum Gasteiger partial charge on any atom is 0.141 e. The Morgan fingerprint density at radius 1 is 1.23 bits per heavy atom. The van der Waals surface area contributed by atoms with Crippen molar-refractivity contribution in [1.29, 1.82) is 0 Å². The van der Waals surface area contributed by atoms with E-state index in [0.717, 1.165) is 26.2 Å². The first-order valence-corrected chi connectivity index (χ1v) is 9.05. The van der Waals surface area contributed by atoms with Gasteiger partial charge < -0.3 is 15.3 Å². The molecule has 8 heteroatoms. The molecule has 1 fully saturated rings. The number of thiocarbonyl (C=S) groups is 2. The number of thioether (sulfide) groups is 1. The lowest BCUT2D eigenvalue weighted by Gasteiger charge is -2.29. The van der Waals surface area contributed by atoms with Crippen LogP contribution in [0.15, 0.2) is 29.2 Å². The summed E-state index contributed by atoms with van der Waals surface area (Å²) in [5, 5.41) is 14.4. The zero-order valence-corrected chi connectivity index (χ0v) is 15.7. The molecule has 0 radical (unpaired) electrons. The maximum absolute atomic E-state index is 10.5. The second kappa shape index (κ2) is 8.52. The molecule has 2 N–H and O–H groups in total. The van der Waals surface area contributed by atoms with Gasteiger partial charge in [-0.15, -0.1) is 12.6 Å². The molecule has 1 saturated heterocycles. The quantitative estimate of drug-likeness (QED) is 0.316. The van der Waals surface area contributed by atoms with E-state index in [2.05, 4.69) is 22.8 Å². The van der Waals surface area contributed by atoms with E-state index in [1.807, 2.05) is 0 Å². The molecule has 1 aliphatic heterocycles. The van der Waals surface area contributed by atoms with E-state index in [-0.39, 0.29) is 5.76 Å². The number of aliphatic hydroxyl groups is 1. The van der Waals surface area contributed by atoms with Crippen molar-refractivity contribution in [3.05, 3.63) is 39.8 Å². The van der Waals surface area contributed by atoms with E-state index in [4.69, 9.17) is 36.0 Å². The molecule has 1 heterocycles. The monoisotopic (exact) mass is 390 g/mol. The predicted molar refractivity (Wildman–Crippen MR) is 107 cm³/mol. The number of nitrogens with one attached hydrogen (secondary N) is 1. The smallest absolute Gasteiger partial charge is 0.141 e. The zero-order valence-electron chi connectivity index (χ0n) is 11.6. The van der Waals surface area contributed by atoms with Gasteiger partial charge in [0.2, 0.25) is 0 Å². The van der Waals surface area contributed by atoms with Gasteiger partial charge in [-0.1, -0.05) is 47.8 Å². The Kier molecular flexibility index (Phi) is 6.98. The van der Waals surface area contributed by atoms with Gasteiger partial charge in [0.25, 0.3) is 0 Å². The van der Waals surface area contributed by atoms with Crippen molar-refractivity contribution in [2.45, 2.75) is 0 Å². The van der Waals surface area contributed by atoms with Crippen molar-refractivity contribution in [3.63, 3.8) is 0 Å². The van der Waals surface area contributed by atoms with Crippen LogP contribution in [0.2, 0.25) is 5.02 Å². The van der Waals surface area contributed by atoms with Gasteiger partial charge in [-0.05, 0) is 24.3 Å². The van der Waals surface area contributed by atoms with Crippen LogP contribution in [-0.4, -0.2) is 44.7 Å². The van der Waals surface area contributed by atoms with Gasteiger partial charge in [0.05, 0.1) is 9.10 Å². The van der Waals surface area contributed by atoms with E-state index in [0.29, 0.717) is 24.0 Å². The van der Waals surface area contributed by atoms with Crippen molar-refractivity contribution in [3.8, 4) is 0 Å². The normalized spacial score (nSPS) is 16.2. The lowest BCUT2D eigenvalue weighted by Crippen LogP contribution is -2.45.